The molecule has 0 radical (unpaired) electrons. The second-order valence-corrected chi connectivity index (χ2v) is 12.2. The van der Waals surface area contributed by atoms with Crippen LogP contribution in [0, 0.1) is 11.8 Å². The number of rotatable bonds is 5. The van der Waals surface area contributed by atoms with Gasteiger partial charge in [-0.3, -0.25) is 4.79 Å². The van der Waals surface area contributed by atoms with E-state index in [-0.39, 0.29) is 35.1 Å². The lowest BCUT2D eigenvalue weighted by Crippen LogP contribution is -2.63. The highest BCUT2D eigenvalue weighted by molar-refractivity contribution is 5.77. The molecule has 0 spiro atoms. The van der Waals surface area contributed by atoms with Crippen LogP contribution >= 0.6 is 0 Å². The molecule has 0 unspecified atom stereocenters. The number of carbonyl (C=O) groups is 1. The highest BCUT2D eigenvalue weighted by Crippen LogP contribution is 2.68. The summed E-state index contributed by atoms with van der Waals surface area (Å²) < 4.78 is 17.3. The van der Waals surface area contributed by atoms with Gasteiger partial charge in [-0.2, -0.15) is 0 Å². The Bertz CT molecular complexity index is 1000. The van der Waals surface area contributed by atoms with E-state index in [2.05, 4.69) is 31.1 Å². The van der Waals surface area contributed by atoms with Gasteiger partial charge in [0.15, 0.2) is 11.5 Å². The Labute approximate surface area is 203 Å². The van der Waals surface area contributed by atoms with Gasteiger partial charge in [-0.05, 0) is 78.3 Å². The standard InChI is InChI=1S/C27H40N2O5/c1-14(2)20(25(31)34-26(3,4)5)28-15-8-9-17-18-12-16-19(27(17,13-15)10-11-29(18)6)23(32-7)21(30)24-22(16)33-24/h14-15,17-18,20,28,30H,8-13H2,1-7H3/t15-,17-,18+,20-,27-/m0/s1. The van der Waals surface area contributed by atoms with E-state index in [1.165, 1.54) is 5.56 Å². The number of nitrogens with zero attached hydrogens (tertiary/aromatic N) is 1. The van der Waals surface area contributed by atoms with Crippen LogP contribution < -0.4 is 14.8 Å². The first-order valence-corrected chi connectivity index (χ1v) is 12.8. The monoisotopic (exact) mass is 472 g/mol. The van der Waals surface area contributed by atoms with E-state index in [4.69, 9.17) is 14.2 Å². The molecule has 0 amide bonds. The third-order valence-electron chi connectivity index (χ3n) is 8.55. The number of methoxy groups -OCH3 is 1. The SMILES string of the molecule is COc1c(O)c2c(c3c1[C@]14CCN(C)[C@H](C3)[C@@H]1CC[C@H](N[C@H](C(=O)OC(C)(C)C)C(C)C)C4)O2. The molecule has 5 atom stereocenters. The van der Waals surface area contributed by atoms with Gasteiger partial charge >= 0.3 is 5.97 Å². The van der Waals surface area contributed by atoms with Gasteiger partial charge in [0.1, 0.15) is 11.6 Å². The van der Waals surface area contributed by atoms with Crippen LogP contribution in [0.4, 0.5) is 0 Å². The van der Waals surface area contributed by atoms with Crippen molar-refractivity contribution >= 4 is 5.97 Å². The third kappa shape index (κ3) is 3.67. The number of likely N-dealkylation sites (N-methyl/N-ethyl adjacent to an activating group) is 1. The Morgan fingerprint density at radius 1 is 1.26 bits per heavy atom. The van der Waals surface area contributed by atoms with Crippen molar-refractivity contribution in [2.75, 3.05) is 20.7 Å². The molecule has 0 aromatic heterocycles. The Morgan fingerprint density at radius 3 is 2.65 bits per heavy atom. The van der Waals surface area contributed by atoms with Crippen LogP contribution in [0.25, 0.3) is 0 Å². The molecule has 7 heteroatoms. The lowest BCUT2D eigenvalue weighted by Gasteiger charge is -2.59. The van der Waals surface area contributed by atoms with Gasteiger partial charge in [-0.1, -0.05) is 13.8 Å². The van der Waals surface area contributed by atoms with E-state index >= 15 is 0 Å². The number of phenolic OH excluding ortho intramolecular Hbond substituents is 1. The molecule has 34 heavy (non-hydrogen) atoms. The van der Waals surface area contributed by atoms with Gasteiger partial charge in [0.05, 0.1) is 7.11 Å². The Kier molecular flexibility index (Phi) is 5.60. The van der Waals surface area contributed by atoms with Crippen molar-refractivity contribution in [3.05, 3.63) is 11.1 Å². The minimum atomic E-state index is -0.514. The second kappa shape index (κ2) is 8.02. The summed E-state index contributed by atoms with van der Waals surface area (Å²) in [7, 11) is 3.88. The number of ether oxygens (including phenoxy) is 3. The summed E-state index contributed by atoms with van der Waals surface area (Å²) >= 11 is 0. The number of hydrogen-bond donors (Lipinski definition) is 2. The molecule has 2 aliphatic heterocycles. The van der Waals surface area contributed by atoms with E-state index in [1.807, 2.05) is 20.8 Å². The third-order valence-corrected chi connectivity index (χ3v) is 8.55. The number of carbonyl (C=O) groups excluding carboxylic acids is 1. The molecule has 4 aliphatic rings. The highest BCUT2D eigenvalue weighted by Gasteiger charge is 2.59. The topological polar surface area (TPSA) is 83.6 Å². The summed E-state index contributed by atoms with van der Waals surface area (Å²) in [5.41, 5.74) is 1.74. The summed E-state index contributed by atoms with van der Waals surface area (Å²) in [6.07, 6.45) is 4.95. The number of aromatic hydroxyl groups is 1. The lowest BCUT2D eigenvalue weighted by molar-refractivity contribution is -0.159. The fraction of sp³-hybridized carbons (Fsp3) is 0.741. The van der Waals surface area contributed by atoms with E-state index in [1.54, 1.807) is 7.11 Å². The van der Waals surface area contributed by atoms with Crippen molar-refractivity contribution in [2.45, 2.75) is 95.9 Å². The van der Waals surface area contributed by atoms with Crippen LogP contribution in [0.15, 0.2) is 0 Å². The van der Waals surface area contributed by atoms with Gasteiger partial charge in [-0.15, -0.1) is 0 Å². The predicted octanol–water partition coefficient (Wildman–Crippen LogP) is 4.13. The molecule has 2 aliphatic carbocycles. The Hall–Kier alpha value is -1.99. The molecule has 1 saturated heterocycles. The van der Waals surface area contributed by atoms with Gasteiger partial charge in [0.25, 0.3) is 0 Å². The van der Waals surface area contributed by atoms with Gasteiger partial charge < -0.3 is 29.5 Å². The quantitative estimate of drug-likeness (QED) is 0.500. The first-order chi connectivity index (χ1) is 16.0. The smallest absolute Gasteiger partial charge is 0.323 e. The van der Waals surface area contributed by atoms with E-state index < -0.39 is 5.60 Å². The molecule has 2 bridgehead atoms. The largest absolute Gasteiger partial charge is 0.502 e. The maximum atomic E-state index is 13.0. The summed E-state index contributed by atoms with van der Waals surface area (Å²) in [4.78, 5) is 15.6. The Balaban J connectivity index is 1.50. The maximum absolute atomic E-state index is 13.0. The number of piperidine rings is 1. The van der Waals surface area contributed by atoms with Crippen LogP contribution in [-0.4, -0.2) is 60.4 Å². The Morgan fingerprint density at radius 2 is 2.00 bits per heavy atom. The molecule has 7 nitrogen and oxygen atoms in total. The normalized spacial score (nSPS) is 30.5. The van der Waals surface area contributed by atoms with Crippen molar-refractivity contribution in [3.63, 3.8) is 0 Å². The average molecular weight is 473 g/mol. The molecule has 2 heterocycles. The fourth-order valence-electron chi connectivity index (χ4n) is 7.08. The number of nitrogens with one attached hydrogen (secondary N) is 1. The summed E-state index contributed by atoms with van der Waals surface area (Å²) in [6, 6.07) is 0.286. The van der Waals surface area contributed by atoms with E-state index in [0.29, 0.717) is 23.5 Å². The van der Waals surface area contributed by atoms with Crippen molar-refractivity contribution < 1.29 is 24.1 Å². The number of esters is 1. The van der Waals surface area contributed by atoms with Gasteiger partial charge in [-0.25, -0.2) is 0 Å². The number of benzene rings is 1. The minimum Gasteiger partial charge on any atom is -0.502 e. The predicted molar refractivity (Wildman–Crippen MR) is 130 cm³/mol. The molecular weight excluding hydrogens is 432 g/mol. The van der Waals surface area contributed by atoms with Crippen LogP contribution in [-0.2, 0) is 21.4 Å². The van der Waals surface area contributed by atoms with Gasteiger partial charge in [0, 0.05) is 28.6 Å². The molecule has 1 aromatic rings. The van der Waals surface area contributed by atoms with Crippen LogP contribution in [0.2, 0.25) is 0 Å². The molecular formula is C27H40N2O5. The number of likely N-dealkylation sites (tertiary alicyclic amines) is 1. The zero-order valence-corrected chi connectivity index (χ0v) is 21.7. The van der Waals surface area contributed by atoms with Gasteiger partial charge in [0.2, 0.25) is 11.5 Å². The van der Waals surface area contributed by atoms with Crippen LogP contribution in [0.3, 0.4) is 0 Å². The molecule has 1 aromatic carbocycles. The first kappa shape index (κ1) is 23.7. The van der Waals surface area contributed by atoms with E-state index in [9.17, 15) is 9.90 Å². The molecule has 2 fully saturated rings. The summed E-state index contributed by atoms with van der Waals surface area (Å²) in [6.45, 7) is 10.9. The van der Waals surface area contributed by atoms with Crippen LogP contribution in [0.1, 0.15) is 71.4 Å². The van der Waals surface area contributed by atoms with Crippen molar-refractivity contribution in [1.82, 2.24) is 10.2 Å². The number of fused-ring (bicyclic) bond motifs is 3. The molecule has 5 rings (SSSR count). The number of hydrogen-bond acceptors (Lipinski definition) is 7. The lowest BCUT2D eigenvalue weighted by atomic mass is 9.51. The average Bonchev–Trinajstić information content (AvgIpc) is 3.55. The zero-order valence-electron chi connectivity index (χ0n) is 21.7. The second-order valence-electron chi connectivity index (χ2n) is 12.2. The first-order valence-electron chi connectivity index (χ1n) is 12.8. The maximum Gasteiger partial charge on any atom is 0.323 e. The highest BCUT2D eigenvalue weighted by atomic mass is 16.6. The number of phenols is 1. The fourth-order valence-corrected chi connectivity index (χ4v) is 7.08. The van der Waals surface area contributed by atoms with Crippen molar-refractivity contribution in [1.29, 1.82) is 0 Å². The van der Waals surface area contributed by atoms with E-state index in [0.717, 1.165) is 50.0 Å². The summed E-state index contributed by atoms with van der Waals surface area (Å²) in [5.74, 6) is 2.61. The minimum absolute atomic E-state index is 0.111. The summed E-state index contributed by atoms with van der Waals surface area (Å²) in [5, 5.41) is 14.6. The van der Waals surface area contributed by atoms with Crippen molar-refractivity contribution in [3.8, 4) is 23.0 Å². The molecule has 1 saturated carbocycles. The molecule has 2 N–H and O–H groups in total. The molecule has 188 valence electrons. The van der Waals surface area contributed by atoms with Crippen molar-refractivity contribution in [2.24, 2.45) is 11.8 Å². The zero-order chi connectivity index (χ0) is 24.6. The van der Waals surface area contributed by atoms with Crippen LogP contribution in [0.5, 0.6) is 23.0 Å².